The zero-order chi connectivity index (χ0) is 18.1. The highest BCUT2D eigenvalue weighted by molar-refractivity contribution is 6.43. The molecule has 1 saturated carbocycles. The summed E-state index contributed by atoms with van der Waals surface area (Å²) in [6.07, 6.45) is 11.0. The third-order valence-electron chi connectivity index (χ3n) is 6.19. The summed E-state index contributed by atoms with van der Waals surface area (Å²) in [5.41, 5.74) is 3.30. The first-order valence-electron chi connectivity index (χ1n) is 9.67. The molecule has 0 radical (unpaired) electrons. The Labute approximate surface area is 165 Å². The Morgan fingerprint density at radius 2 is 1.81 bits per heavy atom. The minimum Gasteiger partial charge on any atom is -0.355 e. The summed E-state index contributed by atoms with van der Waals surface area (Å²) in [6.45, 7) is 4.30. The van der Waals surface area contributed by atoms with Crippen LogP contribution in [0.2, 0.25) is 10.0 Å². The van der Waals surface area contributed by atoms with E-state index in [-0.39, 0.29) is 0 Å². The molecule has 1 aliphatic heterocycles. The first kappa shape index (κ1) is 18.1. The topological polar surface area (TPSA) is 29.0 Å². The molecule has 1 aromatic heterocycles. The monoisotopic (exact) mass is 389 g/mol. The van der Waals surface area contributed by atoms with Crippen LogP contribution < -0.4 is 4.90 Å². The molecule has 26 heavy (non-hydrogen) atoms. The lowest BCUT2D eigenvalue weighted by Gasteiger charge is -2.40. The van der Waals surface area contributed by atoms with E-state index in [4.69, 9.17) is 33.2 Å². The number of nitrogens with zero attached hydrogens (tertiary/aromatic N) is 3. The Hall–Kier alpha value is -1.32. The van der Waals surface area contributed by atoms with Crippen LogP contribution in [0.15, 0.2) is 24.4 Å². The Kier molecular flexibility index (Phi) is 5.11. The molecule has 138 valence electrons. The van der Waals surface area contributed by atoms with Crippen molar-refractivity contribution in [3.63, 3.8) is 0 Å². The standard InChI is InChI=1S/C21H25Cl2N3/c1-2-17-20(15-6-5-7-16(22)19(15)23)24-14-18(25-17)26-12-10-21(11-13-26)8-3-4-9-21/h5-7,14H,2-4,8-13H2,1H3. The summed E-state index contributed by atoms with van der Waals surface area (Å²) in [7, 11) is 0. The average molecular weight is 390 g/mol. The summed E-state index contributed by atoms with van der Waals surface area (Å²) in [5, 5.41) is 1.10. The van der Waals surface area contributed by atoms with Crippen molar-refractivity contribution >= 4 is 29.0 Å². The molecule has 5 heteroatoms. The normalized spacial score (nSPS) is 19.3. The maximum Gasteiger partial charge on any atom is 0.147 e. The van der Waals surface area contributed by atoms with E-state index in [0.29, 0.717) is 15.5 Å². The molecule has 0 unspecified atom stereocenters. The molecule has 0 atom stereocenters. The Morgan fingerprint density at radius 3 is 2.50 bits per heavy atom. The molecule has 1 spiro atoms. The van der Waals surface area contributed by atoms with Gasteiger partial charge in [0.05, 0.1) is 27.6 Å². The highest BCUT2D eigenvalue weighted by Gasteiger charge is 2.37. The number of piperidine rings is 1. The molecule has 1 aromatic carbocycles. The van der Waals surface area contributed by atoms with Gasteiger partial charge < -0.3 is 4.90 Å². The molecule has 1 saturated heterocycles. The molecule has 0 amide bonds. The zero-order valence-corrected chi connectivity index (χ0v) is 16.8. The fourth-order valence-electron chi connectivity index (χ4n) is 4.56. The van der Waals surface area contributed by atoms with E-state index < -0.39 is 0 Å². The van der Waals surface area contributed by atoms with Gasteiger partial charge in [0.1, 0.15) is 5.82 Å². The zero-order valence-electron chi connectivity index (χ0n) is 15.3. The van der Waals surface area contributed by atoms with Crippen LogP contribution in [0, 0.1) is 5.41 Å². The van der Waals surface area contributed by atoms with Crippen molar-refractivity contribution in [2.24, 2.45) is 5.41 Å². The van der Waals surface area contributed by atoms with Crippen LogP contribution in [0.5, 0.6) is 0 Å². The fourth-order valence-corrected chi connectivity index (χ4v) is 4.95. The molecular formula is C21H25Cl2N3. The number of aromatic nitrogens is 2. The van der Waals surface area contributed by atoms with Crippen molar-refractivity contribution in [2.75, 3.05) is 18.0 Å². The van der Waals surface area contributed by atoms with Crippen LogP contribution in [-0.4, -0.2) is 23.1 Å². The summed E-state index contributed by atoms with van der Waals surface area (Å²) < 4.78 is 0. The molecule has 3 nitrogen and oxygen atoms in total. The number of benzene rings is 1. The summed E-state index contributed by atoms with van der Waals surface area (Å²) in [6, 6.07) is 5.67. The lowest BCUT2D eigenvalue weighted by atomic mass is 9.77. The van der Waals surface area contributed by atoms with Gasteiger partial charge in [0.2, 0.25) is 0 Å². The molecule has 2 aromatic rings. The number of hydrogen-bond donors (Lipinski definition) is 0. The van der Waals surface area contributed by atoms with Gasteiger partial charge in [0.25, 0.3) is 0 Å². The Morgan fingerprint density at radius 1 is 1.08 bits per heavy atom. The lowest BCUT2D eigenvalue weighted by molar-refractivity contribution is 0.226. The van der Waals surface area contributed by atoms with Crippen molar-refractivity contribution in [1.29, 1.82) is 0 Å². The van der Waals surface area contributed by atoms with E-state index in [1.54, 1.807) is 6.07 Å². The van der Waals surface area contributed by atoms with E-state index in [0.717, 1.165) is 42.3 Å². The molecule has 2 aliphatic rings. The molecule has 1 aliphatic carbocycles. The van der Waals surface area contributed by atoms with Gasteiger partial charge in [-0.05, 0) is 43.6 Å². The van der Waals surface area contributed by atoms with E-state index in [9.17, 15) is 0 Å². The average Bonchev–Trinajstić information content (AvgIpc) is 3.12. The predicted molar refractivity (Wildman–Crippen MR) is 109 cm³/mol. The predicted octanol–water partition coefficient (Wildman–Crippen LogP) is 6.17. The van der Waals surface area contributed by atoms with Gasteiger partial charge in [0.15, 0.2) is 0 Å². The van der Waals surface area contributed by atoms with Gasteiger partial charge in [-0.2, -0.15) is 0 Å². The van der Waals surface area contributed by atoms with Gasteiger partial charge >= 0.3 is 0 Å². The van der Waals surface area contributed by atoms with Gasteiger partial charge in [-0.25, -0.2) is 4.98 Å². The van der Waals surface area contributed by atoms with Crippen molar-refractivity contribution in [3.05, 3.63) is 40.1 Å². The summed E-state index contributed by atoms with van der Waals surface area (Å²) in [5.74, 6) is 0.997. The molecule has 4 rings (SSSR count). The van der Waals surface area contributed by atoms with Crippen molar-refractivity contribution < 1.29 is 0 Å². The fraction of sp³-hybridized carbons (Fsp3) is 0.524. The first-order valence-corrected chi connectivity index (χ1v) is 10.4. The Balaban J connectivity index is 1.59. The molecular weight excluding hydrogens is 365 g/mol. The van der Waals surface area contributed by atoms with Crippen LogP contribution in [0.25, 0.3) is 11.3 Å². The van der Waals surface area contributed by atoms with Gasteiger partial charge in [-0.1, -0.05) is 55.1 Å². The van der Waals surface area contributed by atoms with E-state index in [1.807, 2.05) is 18.3 Å². The van der Waals surface area contributed by atoms with Gasteiger partial charge in [-0.3, -0.25) is 4.98 Å². The number of hydrogen-bond acceptors (Lipinski definition) is 3. The van der Waals surface area contributed by atoms with Gasteiger partial charge in [0, 0.05) is 18.7 Å². The summed E-state index contributed by atoms with van der Waals surface area (Å²) >= 11 is 12.6. The minimum absolute atomic E-state index is 0.548. The second kappa shape index (κ2) is 7.36. The van der Waals surface area contributed by atoms with Crippen molar-refractivity contribution in [2.45, 2.75) is 51.9 Å². The molecule has 0 bridgehead atoms. The third kappa shape index (κ3) is 3.32. The SMILES string of the molecule is CCc1nc(N2CCC3(CCCC3)CC2)cnc1-c1cccc(Cl)c1Cl. The van der Waals surface area contributed by atoms with Crippen LogP contribution in [0.4, 0.5) is 5.82 Å². The van der Waals surface area contributed by atoms with Crippen molar-refractivity contribution in [3.8, 4) is 11.3 Å². The molecule has 2 heterocycles. The molecule has 2 fully saturated rings. The largest absolute Gasteiger partial charge is 0.355 e. The maximum absolute atomic E-state index is 6.40. The number of rotatable bonds is 3. The first-order chi connectivity index (χ1) is 12.6. The lowest BCUT2D eigenvalue weighted by Crippen LogP contribution is -2.39. The minimum atomic E-state index is 0.548. The number of halogens is 2. The van der Waals surface area contributed by atoms with E-state index in [2.05, 4.69) is 11.8 Å². The summed E-state index contributed by atoms with van der Waals surface area (Å²) in [4.78, 5) is 12.1. The van der Waals surface area contributed by atoms with E-state index in [1.165, 1.54) is 38.5 Å². The van der Waals surface area contributed by atoms with Crippen molar-refractivity contribution in [1.82, 2.24) is 9.97 Å². The second-order valence-corrected chi connectivity index (χ2v) is 8.46. The Bertz CT molecular complexity index is 790. The number of anilines is 1. The second-order valence-electron chi connectivity index (χ2n) is 7.67. The van der Waals surface area contributed by atoms with Crippen LogP contribution in [-0.2, 0) is 6.42 Å². The molecule has 0 N–H and O–H groups in total. The van der Waals surface area contributed by atoms with Crippen LogP contribution in [0.1, 0.15) is 51.1 Å². The number of aryl methyl sites for hydroxylation is 1. The van der Waals surface area contributed by atoms with Gasteiger partial charge in [-0.15, -0.1) is 0 Å². The van der Waals surface area contributed by atoms with E-state index >= 15 is 0 Å². The highest BCUT2D eigenvalue weighted by Crippen LogP contribution is 2.46. The smallest absolute Gasteiger partial charge is 0.147 e. The highest BCUT2D eigenvalue weighted by atomic mass is 35.5. The van der Waals surface area contributed by atoms with Crippen LogP contribution in [0.3, 0.4) is 0 Å². The van der Waals surface area contributed by atoms with Crippen LogP contribution >= 0.6 is 23.2 Å². The maximum atomic E-state index is 6.40. The third-order valence-corrected chi connectivity index (χ3v) is 7.00. The quantitative estimate of drug-likeness (QED) is 0.627.